The second-order valence-corrected chi connectivity index (χ2v) is 7.21. The minimum Gasteiger partial charge on any atom is -0.341 e. The number of carbonyl (C=O) groups excluding carboxylic acids is 1. The molecule has 1 atom stereocenters. The maximum Gasteiger partial charge on any atom is 0.227 e. The fraction of sp³-hybridized carbons (Fsp3) is 0.462. The van der Waals surface area contributed by atoms with Crippen molar-refractivity contribution in [3.8, 4) is 0 Å². The first-order valence-corrected chi connectivity index (χ1v) is 8.03. The number of carbonyl (C=O) groups is 1. The van der Waals surface area contributed by atoms with Crippen LogP contribution in [0.15, 0.2) is 24.3 Å². The molecule has 19 heavy (non-hydrogen) atoms. The van der Waals surface area contributed by atoms with E-state index in [1.54, 1.807) is 17.0 Å². The highest BCUT2D eigenvalue weighted by atomic mass is 32.2. The summed E-state index contributed by atoms with van der Waals surface area (Å²) in [6.45, 7) is 0.733. The van der Waals surface area contributed by atoms with Crippen LogP contribution in [-0.2, 0) is 21.1 Å². The lowest BCUT2D eigenvalue weighted by Gasteiger charge is -2.16. The Morgan fingerprint density at radius 2 is 2.00 bits per heavy atom. The van der Waals surface area contributed by atoms with Crippen molar-refractivity contribution in [3.63, 3.8) is 0 Å². The lowest BCUT2D eigenvalue weighted by Crippen LogP contribution is -2.32. The number of benzene rings is 1. The number of halogens is 1. The molecule has 1 heterocycles. The van der Waals surface area contributed by atoms with Gasteiger partial charge in [0, 0.05) is 19.3 Å². The van der Waals surface area contributed by atoms with Crippen LogP contribution in [0.25, 0.3) is 0 Å². The van der Waals surface area contributed by atoms with Crippen LogP contribution in [0.3, 0.4) is 0 Å². The third-order valence-electron chi connectivity index (χ3n) is 3.37. The molecule has 104 valence electrons. The minimum atomic E-state index is -3.09. The molecular formula is C13H16FNO3S. The Bertz CT molecular complexity index is 568. The Balaban J connectivity index is 1.97. The van der Waals surface area contributed by atoms with E-state index >= 15 is 0 Å². The zero-order valence-electron chi connectivity index (χ0n) is 10.7. The molecule has 6 heteroatoms. The second kappa shape index (κ2) is 5.28. The molecule has 0 unspecified atom stereocenters. The Hall–Kier alpha value is -1.43. The molecule has 1 fully saturated rings. The third-order valence-corrected chi connectivity index (χ3v) is 4.97. The summed E-state index contributed by atoms with van der Waals surface area (Å²) in [7, 11) is -3.09. The summed E-state index contributed by atoms with van der Waals surface area (Å²) in [6, 6.07) is 5.76. The van der Waals surface area contributed by atoms with Gasteiger partial charge in [-0.15, -0.1) is 0 Å². The molecule has 1 saturated heterocycles. The highest BCUT2D eigenvalue weighted by Crippen LogP contribution is 2.17. The Labute approximate surface area is 112 Å². The Morgan fingerprint density at radius 3 is 2.53 bits per heavy atom. The molecule has 1 aliphatic heterocycles. The predicted octanol–water partition coefficient (Wildman–Crippen LogP) is 1.01. The summed E-state index contributed by atoms with van der Waals surface area (Å²) in [5, 5.41) is -0.454. The van der Waals surface area contributed by atoms with Gasteiger partial charge in [-0.3, -0.25) is 4.79 Å². The van der Waals surface area contributed by atoms with Gasteiger partial charge in [0.25, 0.3) is 0 Å². The topological polar surface area (TPSA) is 54.5 Å². The van der Waals surface area contributed by atoms with Crippen molar-refractivity contribution in [3.05, 3.63) is 35.6 Å². The fourth-order valence-corrected chi connectivity index (χ4v) is 3.18. The molecule has 0 aliphatic carbocycles. The first kappa shape index (κ1) is 14.0. The summed E-state index contributed by atoms with van der Waals surface area (Å²) < 4.78 is 35.6. The molecule has 1 aliphatic rings. The van der Waals surface area contributed by atoms with Gasteiger partial charge in [-0.05, 0) is 24.1 Å². The molecular weight excluding hydrogens is 269 g/mol. The van der Waals surface area contributed by atoms with E-state index < -0.39 is 15.1 Å². The number of sulfone groups is 1. The molecule has 0 bridgehead atoms. The van der Waals surface area contributed by atoms with Crippen molar-refractivity contribution in [2.45, 2.75) is 18.1 Å². The fourth-order valence-electron chi connectivity index (χ4n) is 2.19. The van der Waals surface area contributed by atoms with Gasteiger partial charge in [-0.2, -0.15) is 0 Å². The molecule has 0 N–H and O–H groups in total. The van der Waals surface area contributed by atoms with Crippen molar-refractivity contribution in [1.29, 1.82) is 0 Å². The largest absolute Gasteiger partial charge is 0.341 e. The van der Waals surface area contributed by atoms with Crippen LogP contribution in [0, 0.1) is 5.82 Å². The number of hydrogen-bond donors (Lipinski definition) is 0. The smallest absolute Gasteiger partial charge is 0.227 e. The monoisotopic (exact) mass is 285 g/mol. The van der Waals surface area contributed by atoms with Crippen LogP contribution in [0.2, 0.25) is 0 Å². The normalized spacial score (nSPS) is 19.7. The van der Waals surface area contributed by atoms with Crippen LogP contribution in [0.4, 0.5) is 4.39 Å². The van der Waals surface area contributed by atoms with Crippen molar-refractivity contribution in [2.24, 2.45) is 0 Å². The molecule has 2 rings (SSSR count). The standard InChI is InChI=1S/C13H16FNO3S/c1-19(17,18)12-6-7-15(9-12)13(16)8-10-2-4-11(14)5-3-10/h2-5,12H,6-9H2,1H3/t12-/m1/s1. The molecule has 1 aromatic carbocycles. The SMILES string of the molecule is CS(=O)(=O)[C@@H]1CCN(C(=O)Cc2ccc(F)cc2)C1. The predicted molar refractivity (Wildman–Crippen MR) is 69.9 cm³/mol. The number of nitrogens with zero attached hydrogens (tertiary/aromatic N) is 1. The number of amides is 1. The highest BCUT2D eigenvalue weighted by molar-refractivity contribution is 7.91. The summed E-state index contributed by atoms with van der Waals surface area (Å²) >= 11 is 0. The van der Waals surface area contributed by atoms with Gasteiger partial charge in [0.05, 0.1) is 11.7 Å². The lowest BCUT2D eigenvalue weighted by atomic mass is 10.1. The summed E-state index contributed by atoms with van der Waals surface area (Å²) in [6.07, 6.45) is 1.87. The van der Waals surface area contributed by atoms with Crippen LogP contribution in [0.1, 0.15) is 12.0 Å². The maximum atomic E-state index is 12.7. The van der Waals surface area contributed by atoms with Gasteiger partial charge < -0.3 is 4.90 Å². The van der Waals surface area contributed by atoms with E-state index in [1.807, 2.05) is 0 Å². The van der Waals surface area contributed by atoms with Gasteiger partial charge in [0.1, 0.15) is 5.82 Å². The number of hydrogen-bond acceptors (Lipinski definition) is 3. The molecule has 1 amide bonds. The van der Waals surface area contributed by atoms with Gasteiger partial charge in [-0.1, -0.05) is 12.1 Å². The Kier molecular flexibility index (Phi) is 3.89. The van der Waals surface area contributed by atoms with Crippen LogP contribution in [0.5, 0.6) is 0 Å². The van der Waals surface area contributed by atoms with Crippen LogP contribution in [-0.4, -0.2) is 43.8 Å². The minimum absolute atomic E-state index is 0.113. The highest BCUT2D eigenvalue weighted by Gasteiger charge is 2.32. The van der Waals surface area contributed by atoms with Gasteiger partial charge in [0.15, 0.2) is 9.84 Å². The van der Waals surface area contributed by atoms with E-state index in [0.717, 1.165) is 5.56 Å². The van der Waals surface area contributed by atoms with Crippen molar-refractivity contribution in [1.82, 2.24) is 4.90 Å². The molecule has 0 aromatic heterocycles. The molecule has 1 aromatic rings. The van der Waals surface area contributed by atoms with Crippen molar-refractivity contribution >= 4 is 15.7 Å². The second-order valence-electron chi connectivity index (χ2n) is 4.88. The van der Waals surface area contributed by atoms with E-state index in [-0.39, 0.29) is 24.7 Å². The van der Waals surface area contributed by atoms with E-state index in [4.69, 9.17) is 0 Å². The maximum absolute atomic E-state index is 12.7. The lowest BCUT2D eigenvalue weighted by molar-refractivity contribution is -0.129. The first-order chi connectivity index (χ1) is 8.86. The molecule has 0 radical (unpaired) electrons. The first-order valence-electron chi connectivity index (χ1n) is 6.07. The average Bonchev–Trinajstić information content (AvgIpc) is 2.81. The molecule has 0 spiro atoms. The van der Waals surface area contributed by atoms with Crippen LogP contribution < -0.4 is 0 Å². The van der Waals surface area contributed by atoms with Crippen molar-refractivity contribution < 1.29 is 17.6 Å². The van der Waals surface area contributed by atoms with Gasteiger partial charge in [-0.25, -0.2) is 12.8 Å². The van der Waals surface area contributed by atoms with E-state index in [0.29, 0.717) is 13.0 Å². The zero-order valence-corrected chi connectivity index (χ0v) is 11.5. The van der Waals surface area contributed by atoms with E-state index in [9.17, 15) is 17.6 Å². The summed E-state index contributed by atoms with van der Waals surface area (Å²) in [5.41, 5.74) is 0.731. The van der Waals surface area contributed by atoms with Crippen LogP contribution >= 0.6 is 0 Å². The zero-order chi connectivity index (χ0) is 14.0. The quantitative estimate of drug-likeness (QED) is 0.833. The molecule has 0 saturated carbocycles. The van der Waals surface area contributed by atoms with Gasteiger partial charge >= 0.3 is 0 Å². The van der Waals surface area contributed by atoms with Crippen molar-refractivity contribution in [2.75, 3.05) is 19.3 Å². The number of likely N-dealkylation sites (tertiary alicyclic amines) is 1. The Morgan fingerprint density at radius 1 is 1.37 bits per heavy atom. The summed E-state index contributed by atoms with van der Waals surface area (Å²) in [4.78, 5) is 13.6. The summed E-state index contributed by atoms with van der Waals surface area (Å²) in [5.74, 6) is -0.452. The average molecular weight is 285 g/mol. The van der Waals surface area contributed by atoms with E-state index in [2.05, 4.69) is 0 Å². The van der Waals surface area contributed by atoms with Gasteiger partial charge in [0.2, 0.25) is 5.91 Å². The number of rotatable bonds is 3. The van der Waals surface area contributed by atoms with E-state index in [1.165, 1.54) is 18.4 Å². The third kappa shape index (κ3) is 3.53. The molecule has 4 nitrogen and oxygen atoms in total.